The van der Waals surface area contributed by atoms with Crippen LogP contribution in [0.1, 0.15) is 29.9 Å². The Morgan fingerprint density at radius 2 is 1.97 bits per heavy atom. The molecule has 1 amide bonds. The minimum Gasteiger partial charge on any atom is -0.435 e. The second-order valence-electron chi connectivity index (χ2n) is 6.53. The van der Waals surface area contributed by atoms with Crippen molar-refractivity contribution in [2.24, 2.45) is 0 Å². The summed E-state index contributed by atoms with van der Waals surface area (Å²) in [5, 5.41) is 12.0. The standard InChI is InChI=1S/C21H23F2N3O3/c1-13-9-16(15(3)26(13)14(2)12-28-4)10-17(11-24)20(27)25-18-5-7-19(8-6-18)29-21(22)23/h5-10,14,21H,12H2,1-4H3,(H,25,27)/b17-10+. The third kappa shape index (κ3) is 5.65. The van der Waals surface area contributed by atoms with Gasteiger partial charge in [-0.1, -0.05) is 0 Å². The molecule has 1 N–H and O–H groups in total. The molecular weight excluding hydrogens is 380 g/mol. The van der Waals surface area contributed by atoms with Crippen LogP contribution in [0.3, 0.4) is 0 Å². The van der Waals surface area contributed by atoms with Crippen LogP contribution in [0, 0.1) is 25.2 Å². The summed E-state index contributed by atoms with van der Waals surface area (Å²) < 4.78 is 36.0. The number of benzene rings is 1. The highest BCUT2D eigenvalue weighted by atomic mass is 19.3. The number of aromatic nitrogens is 1. The third-order valence-electron chi connectivity index (χ3n) is 4.37. The number of hydrogen-bond donors (Lipinski definition) is 1. The number of nitriles is 1. The van der Waals surface area contributed by atoms with Crippen molar-refractivity contribution in [2.45, 2.75) is 33.4 Å². The van der Waals surface area contributed by atoms with Crippen molar-refractivity contribution in [3.05, 3.63) is 52.9 Å². The Labute approximate surface area is 168 Å². The van der Waals surface area contributed by atoms with E-state index >= 15 is 0 Å². The molecule has 0 bridgehead atoms. The van der Waals surface area contributed by atoms with Gasteiger partial charge in [-0.05, 0) is 62.7 Å². The first-order valence-corrected chi connectivity index (χ1v) is 8.92. The molecule has 1 unspecified atom stereocenters. The molecule has 2 aromatic rings. The number of methoxy groups -OCH3 is 1. The Hall–Kier alpha value is -3.18. The van der Waals surface area contributed by atoms with E-state index in [0.29, 0.717) is 12.3 Å². The molecule has 0 aliphatic carbocycles. The summed E-state index contributed by atoms with van der Waals surface area (Å²) in [6, 6.07) is 9.38. The highest BCUT2D eigenvalue weighted by molar-refractivity contribution is 6.09. The first-order valence-electron chi connectivity index (χ1n) is 8.92. The van der Waals surface area contributed by atoms with E-state index in [4.69, 9.17) is 4.74 Å². The van der Waals surface area contributed by atoms with Gasteiger partial charge in [0.1, 0.15) is 17.4 Å². The summed E-state index contributed by atoms with van der Waals surface area (Å²) in [4.78, 5) is 12.5. The van der Waals surface area contributed by atoms with Crippen molar-refractivity contribution in [1.29, 1.82) is 5.26 Å². The van der Waals surface area contributed by atoms with Gasteiger partial charge in [-0.3, -0.25) is 4.79 Å². The molecule has 0 fully saturated rings. The Bertz CT molecular complexity index is 928. The molecule has 1 atom stereocenters. The summed E-state index contributed by atoms with van der Waals surface area (Å²) in [5.74, 6) is -0.614. The van der Waals surface area contributed by atoms with E-state index < -0.39 is 12.5 Å². The minimum absolute atomic E-state index is 0.0216. The monoisotopic (exact) mass is 403 g/mol. The lowest BCUT2D eigenvalue weighted by atomic mass is 10.1. The number of aryl methyl sites for hydroxylation is 1. The first kappa shape index (κ1) is 22.1. The smallest absolute Gasteiger partial charge is 0.387 e. The zero-order valence-corrected chi connectivity index (χ0v) is 16.7. The Kier molecular flexibility index (Phi) is 7.51. The summed E-state index contributed by atoms with van der Waals surface area (Å²) >= 11 is 0. The maximum absolute atomic E-state index is 12.5. The Balaban J connectivity index is 2.20. The van der Waals surface area contributed by atoms with Crippen LogP contribution in [-0.2, 0) is 9.53 Å². The second-order valence-corrected chi connectivity index (χ2v) is 6.53. The topological polar surface area (TPSA) is 76.3 Å². The number of hydrogen-bond acceptors (Lipinski definition) is 4. The number of nitrogens with zero attached hydrogens (tertiary/aromatic N) is 2. The number of ether oxygens (including phenoxy) is 2. The molecule has 154 valence electrons. The van der Waals surface area contributed by atoms with Gasteiger partial charge in [0.2, 0.25) is 0 Å². The number of alkyl halides is 2. The normalized spacial score (nSPS) is 12.6. The summed E-state index contributed by atoms with van der Waals surface area (Å²) in [7, 11) is 1.63. The van der Waals surface area contributed by atoms with Crippen LogP contribution in [0.4, 0.5) is 14.5 Å². The maximum Gasteiger partial charge on any atom is 0.387 e. The van der Waals surface area contributed by atoms with Gasteiger partial charge in [0, 0.05) is 24.2 Å². The van der Waals surface area contributed by atoms with Gasteiger partial charge in [-0.2, -0.15) is 14.0 Å². The molecule has 8 heteroatoms. The van der Waals surface area contributed by atoms with Crippen LogP contribution in [-0.4, -0.2) is 30.8 Å². The average molecular weight is 403 g/mol. The van der Waals surface area contributed by atoms with Crippen LogP contribution in [0.15, 0.2) is 35.9 Å². The number of carbonyl (C=O) groups is 1. The molecule has 0 aliphatic rings. The van der Waals surface area contributed by atoms with E-state index in [9.17, 15) is 18.8 Å². The maximum atomic E-state index is 12.5. The highest BCUT2D eigenvalue weighted by Crippen LogP contribution is 2.23. The predicted molar refractivity (Wildman–Crippen MR) is 106 cm³/mol. The molecule has 6 nitrogen and oxygen atoms in total. The molecule has 0 radical (unpaired) electrons. The molecule has 0 aliphatic heterocycles. The van der Waals surface area contributed by atoms with Crippen molar-refractivity contribution in [3.8, 4) is 11.8 Å². The minimum atomic E-state index is -2.92. The summed E-state index contributed by atoms with van der Waals surface area (Å²) in [5.41, 5.74) is 2.96. The molecule has 0 saturated heterocycles. The molecule has 0 spiro atoms. The fourth-order valence-electron chi connectivity index (χ4n) is 3.16. The molecule has 1 aromatic carbocycles. The quantitative estimate of drug-likeness (QED) is 0.522. The van der Waals surface area contributed by atoms with Gasteiger partial charge in [-0.15, -0.1) is 0 Å². The van der Waals surface area contributed by atoms with Gasteiger partial charge in [0.15, 0.2) is 0 Å². The molecule has 1 aromatic heterocycles. The Morgan fingerprint density at radius 1 is 1.31 bits per heavy atom. The van der Waals surface area contributed by atoms with Gasteiger partial charge in [-0.25, -0.2) is 0 Å². The number of rotatable bonds is 8. The first-order chi connectivity index (χ1) is 13.8. The van der Waals surface area contributed by atoms with E-state index in [0.717, 1.165) is 17.0 Å². The average Bonchev–Trinajstić information content (AvgIpc) is 2.94. The van der Waals surface area contributed by atoms with Gasteiger partial charge >= 0.3 is 6.61 Å². The van der Waals surface area contributed by atoms with Crippen molar-refractivity contribution in [3.63, 3.8) is 0 Å². The number of anilines is 1. The van der Waals surface area contributed by atoms with Gasteiger partial charge in [0.25, 0.3) is 5.91 Å². The predicted octanol–water partition coefficient (Wildman–Crippen LogP) is 4.46. The van der Waals surface area contributed by atoms with Crippen LogP contribution in [0.25, 0.3) is 6.08 Å². The number of nitrogens with one attached hydrogen (secondary N) is 1. The van der Waals surface area contributed by atoms with Crippen LogP contribution in [0.5, 0.6) is 5.75 Å². The number of carbonyl (C=O) groups excluding carboxylic acids is 1. The van der Waals surface area contributed by atoms with E-state index in [1.54, 1.807) is 7.11 Å². The van der Waals surface area contributed by atoms with Crippen molar-refractivity contribution < 1.29 is 23.0 Å². The Morgan fingerprint density at radius 3 is 2.52 bits per heavy atom. The van der Waals surface area contributed by atoms with Gasteiger partial charge in [0.05, 0.1) is 12.6 Å². The summed E-state index contributed by atoms with van der Waals surface area (Å²) in [6.07, 6.45) is 1.53. The molecular formula is C21H23F2N3O3. The van der Waals surface area contributed by atoms with Crippen LogP contribution >= 0.6 is 0 Å². The molecule has 29 heavy (non-hydrogen) atoms. The zero-order chi connectivity index (χ0) is 21.6. The van der Waals surface area contributed by atoms with Crippen molar-refractivity contribution in [1.82, 2.24) is 4.57 Å². The number of amides is 1. The summed E-state index contributed by atoms with van der Waals surface area (Å²) in [6.45, 7) is 3.51. The van der Waals surface area contributed by atoms with Gasteiger partial charge < -0.3 is 19.4 Å². The van der Waals surface area contributed by atoms with Crippen molar-refractivity contribution >= 4 is 17.7 Å². The second kappa shape index (κ2) is 9.85. The lowest BCUT2D eigenvalue weighted by Gasteiger charge is -2.17. The highest BCUT2D eigenvalue weighted by Gasteiger charge is 2.16. The lowest BCUT2D eigenvalue weighted by Crippen LogP contribution is -2.14. The van der Waals surface area contributed by atoms with Crippen LogP contribution < -0.4 is 10.1 Å². The fourth-order valence-corrected chi connectivity index (χ4v) is 3.16. The lowest BCUT2D eigenvalue weighted by molar-refractivity contribution is -0.112. The SMILES string of the molecule is COCC(C)n1c(C)cc(/C=C(\C#N)C(=O)Nc2ccc(OC(F)F)cc2)c1C. The van der Waals surface area contributed by atoms with Crippen molar-refractivity contribution in [2.75, 3.05) is 19.0 Å². The molecule has 1 heterocycles. The number of halogens is 2. The van der Waals surface area contributed by atoms with E-state index in [1.807, 2.05) is 32.9 Å². The van der Waals surface area contributed by atoms with E-state index in [1.165, 1.54) is 30.3 Å². The molecule has 0 saturated carbocycles. The largest absolute Gasteiger partial charge is 0.435 e. The van der Waals surface area contributed by atoms with Crippen LogP contribution in [0.2, 0.25) is 0 Å². The van der Waals surface area contributed by atoms with E-state index in [2.05, 4.69) is 14.6 Å². The zero-order valence-electron chi connectivity index (χ0n) is 16.7. The van der Waals surface area contributed by atoms with E-state index in [-0.39, 0.29) is 17.4 Å². The fraction of sp³-hybridized carbons (Fsp3) is 0.333. The molecule has 2 rings (SSSR count). The third-order valence-corrected chi connectivity index (χ3v) is 4.37.